The molecule has 0 fully saturated rings. The van der Waals surface area contributed by atoms with E-state index in [0.717, 1.165) is 10.4 Å². The first-order valence-electron chi connectivity index (χ1n) is 11.6. The minimum atomic E-state index is -0.269. The Morgan fingerprint density at radius 3 is 2.33 bits per heavy atom. The molecular formula is C27H30N2O6S. The van der Waals surface area contributed by atoms with Crippen molar-refractivity contribution >= 4 is 23.2 Å². The number of carbonyl (C=O) groups excluding carboxylic acids is 2. The zero-order valence-electron chi connectivity index (χ0n) is 20.9. The molecule has 4 rings (SSSR count). The third-order valence-electron chi connectivity index (χ3n) is 5.88. The molecule has 0 aliphatic carbocycles. The van der Waals surface area contributed by atoms with Crippen LogP contribution in [0.4, 0.5) is 0 Å². The Balaban J connectivity index is 1.56. The molecule has 0 atom stereocenters. The Labute approximate surface area is 214 Å². The summed E-state index contributed by atoms with van der Waals surface area (Å²) in [6, 6.07) is 14.4. The van der Waals surface area contributed by atoms with Crippen LogP contribution in [0.25, 0.3) is 0 Å². The van der Waals surface area contributed by atoms with Crippen molar-refractivity contribution in [2.24, 2.45) is 0 Å². The summed E-state index contributed by atoms with van der Waals surface area (Å²) in [5.74, 6) is 1.96. The maximum Gasteiger partial charge on any atom is 0.254 e. The van der Waals surface area contributed by atoms with Gasteiger partial charge in [-0.15, -0.1) is 11.3 Å². The minimum absolute atomic E-state index is 0.0635. The summed E-state index contributed by atoms with van der Waals surface area (Å²) < 4.78 is 21.6. The van der Waals surface area contributed by atoms with Crippen molar-refractivity contribution in [3.63, 3.8) is 0 Å². The summed E-state index contributed by atoms with van der Waals surface area (Å²) in [6.45, 7) is 4.73. The molecule has 3 aromatic rings. The second-order valence-electron chi connectivity index (χ2n) is 8.64. The molecule has 0 radical (unpaired) electrons. The molecule has 1 aliphatic rings. The number of methoxy groups -OCH3 is 2. The van der Waals surface area contributed by atoms with Gasteiger partial charge in [-0.2, -0.15) is 0 Å². The van der Waals surface area contributed by atoms with E-state index in [-0.39, 0.29) is 31.2 Å². The molecular weight excluding hydrogens is 480 g/mol. The van der Waals surface area contributed by atoms with E-state index in [4.69, 9.17) is 18.9 Å². The van der Waals surface area contributed by atoms with Gasteiger partial charge in [0.15, 0.2) is 11.5 Å². The molecule has 0 unspecified atom stereocenters. The Bertz CT molecular complexity index is 1190. The van der Waals surface area contributed by atoms with Crippen LogP contribution in [-0.4, -0.2) is 55.2 Å². The lowest BCUT2D eigenvalue weighted by molar-refractivity contribution is -0.133. The molecule has 9 heteroatoms. The monoisotopic (exact) mass is 510 g/mol. The summed E-state index contributed by atoms with van der Waals surface area (Å²) >= 11 is 1.59. The molecule has 2 amide bonds. The van der Waals surface area contributed by atoms with Gasteiger partial charge in [0.25, 0.3) is 5.91 Å². The third-order valence-corrected chi connectivity index (χ3v) is 6.74. The Kier molecular flexibility index (Phi) is 8.00. The lowest BCUT2D eigenvalue weighted by Crippen LogP contribution is -2.45. The average molecular weight is 511 g/mol. The molecule has 1 aliphatic heterocycles. The van der Waals surface area contributed by atoms with Crippen molar-refractivity contribution in [2.75, 3.05) is 27.6 Å². The fourth-order valence-corrected chi connectivity index (χ4v) is 4.63. The van der Waals surface area contributed by atoms with E-state index >= 15 is 0 Å². The van der Waals surface area contributed by atoms with Gasteiger partial charge in [-0.1, -0.05) is 12.1 Å². The molecule has 0 spiro atoms. The minimum Gasteiger partial charge on any atom is -0.497 e. The van der Waals surface area contributed by atoms with Gasteiger partial charge in [0.1, 0.15) is 18.0 Å². The highest BCUT2D eigenvalue weighted by Gasteiger charge is 2.26. The lowest BCUT2D eigenvalue weighted by Gasteiger charge is -2.30. The number of nitrogens with zero attached hydrogens (tertiary/aromatic N) is 2. The van der Waals surface area contributed by atoms with Gasteiger partial charge in [-0.05, 0) is 55.1 Å². The van der Waals surface area contributed by atoms with Crippen molar-refractivity contribution in [3.8, 4) is 23.0 Å². The summed E-state index contributed by atoms with van der Waals surface area (Å²) in [4.78, 5) is 31.5. The summed E-state index contributed by atoms with van der Waals surface area (Å²) in [5, 5.41) is 1.98. The zero-order valence-corrected chi connectivity index (χ0v) is 21.7. The van der Waals surface area contributed by atoms with Gasteiger partial charge in [-0.25, -0.2) is 0 Å². The molecule has 0 saturated carbocycles. The van der Waals surface area contributed by atoms with Crippen molar-refractivity contribution in [1.82, 2.24) is 9.80 Å². The van der Waals surface area contributed by atoms with E-state index in [0.29, 0.717) is 41.7 Å². The quantitative estimate of drug-likeness (QED) is 0.398. The van der Waals surface area contributed by atoms with Crippen LogP contribution in [0, 0.1) is 0 Å². The largest absolute Gasteiger partial charge is 0.497 e. The first-order chi connectivity index (χ1) is 17.4. The van der Waals surface area contributed by atoms with Gasteiger partial charge in [0.2, 0.25) is 12.7 Å². The third kappa shape index (κ3) is 5.91. The van der Waals surface area contributed by atoms with E-state index in [1.54, 1.807) is 39.3 Å². The predicted molar refractivity (Wildman–Crippen MR) is 137 cm³/mol. The molecule has 8 nitrogen and oxygen atoms in total. The molecule has 2 aromatic carbocycles. The van der Waals surface area contributed by atoms with E-state index < -0.39 is 0 Å². The number of ether oxygens (including phenoxy) is 4. The van der Waals surface area contributed by atoms with Crippen LogP contribution in [-0.2, 0) is 17.9 Å². The maximum absolute atomic E-state index is 13.6. The lowest BCUT2D eigenvalue weighted by atomic mass is 10.1. The fourth-order valence-electron chi connectivity index (χ4n) is 3.91. The number of hydrogen-bond acceptors (Lipinski definition) is 7. The molecule has 0 N–H and O–H groups in total. The van der Waals surface area contributed by atoms with E-state index in [2.05, 4.69) is 0 Å². The van der Waals surface area contributed by atoms with E-state index in [9.17, 15) is 9.59 Å². The SMILES string of the molecule is COc1cc(OC)cc(C(=O)N(CC(=O)N(Cc2ccc3c(c2)OCO3)Cc2cccs2)C(C)C)c1. The molecule has 0 bridgehead atoms. The highest BCUT2D eigenvalue weighted by molar-refractivity contribution is 7.09. The summed E-state index contributed by atoms with van der Waals surface area (Å²) in [5.41, 5.74) is 1.32. The van der Waals surface area contributed by atoms with Crippen molar-refractivity contribution in [3.05, 3.63) is 69.9 Å². The standard InChI is InChI=1S/C27H30N2O6S/c1-18(2)29(27(31)20-11-21(32-3)13-22(12-20)33-4)16-26(30)28(15-23-6-5-9-36-23)14-19-7-8-24-25(10-19)35-17-34-24/h5-13,18H,14-17H2,1-4H3. The average Bonchev–Trinajstić information content (AvgIpc) is 3.57. The van der Waals surface area contributed by atoms with Crippen LogP contribution < -0.4 is 18.9 Å². The van der Waals surface area contributed by atoms with Gasteiger partial charge in [0.05, 0.1) is 20.8 Å². The van der Waals surface area contributed by atoms with E-state index in [1.165, 1.54) is 14.2 Å². The van der Waals surface area contributed by atoms with Crippen LogP contribution >= 0.6 is 11.3 Å². The normalized spacial score (nSPS) is 11.9. The highest BCUT2D eigenvalue weighted by atomic mass is 32.1. The number of carbonyl (C=O) groups is 2. The zero-order chi connectivity index (χ0) is 25.7. The van der Waals surface area contributed by atoms with Gasteiger partial charge in [0, 0.05) is 29.1 Å². The highest BCUT2D eigenvalue weighted by Crippen LogP contribution is 2.33. The first-order valence-corrected chi connectivity index (χ1v) is 12.5. The van der Waals surface area contributed by atoms with Crippen LogP contribution in [0.3, 0.4) is 0 Å². The smallest absolute Gasteiger partial charge is 0.254 e. The molecule has 36 heavy (non-hydrogen) atoms. The van der Waals surface area contributed by atoms with Crippen LogP contribution in [0.1, 0.15) is 34.6 Å². The molecule has 1 aromatic heterocycles. The summed E-state index contributed by atoms with van der Waals surface area (Å²) in [6.07, 6.45) is 0. The number of fused-ring (bicyclic) bond motifs is 1. The first kappa shape index (κ1) is 25.4. The van der Waals surface area contributed by atoms with Crippen LogP contribution in [0.2, 0.25) is 0 Å². The second kappa shape index (κ2) is 11.3. The Morgan fingerprint density at radius 1 is 0.972 bits per heavy atom. The fraction of sp³-hybridized carbons (Fsp3) is 0.333. The predicted octanol–water partition coefficient (Wildman–Crippen LogP) is 4.57. The van der Waals surface area contributed by atoms with Crippen molar-refractivity contribution < 1.29 is 28.5 Å². The number of benzene rings is 2. The second-order valence-corrected chi connectivity index (χ2v) is 9.68. The Hall–Kier alpha value is -3.72. The number of rotatable bonds is 10. The topological polar surface area (TPSA) is 77.5 Å². The van der Waals surface area contributed by atoms with Crippen molar-refractivity contribution in [1.29, 1.82) is 0 Å². The van der Waals surface area contributed by atoms with Gasteiger partial charge < -0.3 is 28.7 Å². The molecule has 2 heterocycles. The van der Waals surface area contributed by atoms with Gasteiger partial charge >= 0.3 is 0 Å². The number of thiophene rings is 1. The number of hydrogen-bond donors (Lipinski definition) is 0. The van der Waals surface area contributed by atoms with E-state index in [1.807, 2.05) is 49.6 Å². The van der Waals surface area contributed by atoms with Gasteiger partial charge in [-0.3, -0.25) is 9.59 Å². The molecule has 0 saturated heterocycles. The molecule has 190 valence electrons. The van der Waals surface area contributed by atoms with Crippen molar-refractivity contribution in [2.45, 2.75) is 33.0 Å². The number of amides is 2. The summed E-state index contributed by atoms with van der Waals surface area (Å²) in [7, 11) is 3.07. The maximum atomic E-state index is 13.6. The van der Waals surface area contributed by atoms with Crippen LogP contribution in [0.15, 0.2) is 53.9 Å². The van der Waals surface area contributed by atoms with Crippen LogP contribution in [0.5, 0.6) is 23.0 Å². The Morgan fingerprint density at radius 2 is 1.69 bits per heavy atom.